The van der Waals surface area contributed by atoms with Crippen LogP contribution in [0.25, 0.3) is 0 Å². The van der Waals surface area contributed by atoms with E-state index in [1.807, 2.05) is 7.05 Å². The van der Waals surface area contributed by atoms with Crippen molar-refractivity contribution in [3.8, 4) is 0 Å². The maximum atomic E-state index is 10.6. The lowest BCUT2D eigenvalue weighted by Gasteiger charge is -2.11. The van der Waals surface area contributed by atoms with Gasteiger partial charge in [0.2, 0.25) is 0 Å². The number of aryl methyl sites for hydroxylation is 1. The Morgan fingerprint density at radius 2 is 2.18 bits per heavy atom. The molecule has 0 unspecified atom stereocenters. The SMILES string of the molecule is Cn1c(CCC(=O)O)nc(Br)c1C1CCCC1. The molecule has 0 bridgehead atoms. The van der Waals surface area contributed by atoms with E-state index in [1.54, 1.807) is 0 Å². The summed E-state index contributed by atoms with van der Waals surface area (Å²) in [6.07, 6.45) is 5.64. The van der Waals surface area contributed by atoms with Crippen molar-refractivity contribution in [3.63, 3.8) is 0 Å². The summed E-state index contributed by atoms with van der Waals surface area (Å²) < 4.78 is 2.97. The van der Waals surface area contributed by atoms with Crippen LogP contribution in [0.4, 0.5) is 0 Å². The Morgan fingerprint density at radius 3 is 2.76 bits per heavy atom. The van der Waals surface area contributed by atoms with Crippen molar-refractivity contribution < 1.29 is 9.90 Å². The zero-order chi connectivity index (χ0) is 12.4. The highest BCUT2D eigenvalue weighted by Crippen LogP contribution is 2.37. The molecule has 1 aromatic heterocycles. The molecule has 1 aliphatic rings. The number of aromatic nitrogens is 2. The minimum absolute atomic E-state index is 0.140. The van der Waals surface area contributed by atoms with Crippen molar-refractivity contribution in [3.05, 3.63) is 16.1 Å². The van der Waals surface area contributed by atoms with Crippen LogP contribution in [0.15, 0.2) is 4.60 Å². The topological polar surface area (TPSA) is 55.1 Å². The Hall–Kier alpha value is -0.840. The van der Waals surface area contributed by atoms with Gasteiger partial charge in [0.15, 0.2) is 0 Å². The lowest BCUT2D eigenvalue weighted by molar-refractivity contribution is -0.137. The molecule has 1 fully saturated rings. The van der Waals surface area contributed by atoms with Gasteiger partial charge in [-0.15, -0.1) is 0 Å². The van der Waals surface area contributed by atoms with Crippen molar-refractivity contribution in [1.82, 2.24) is 9.55 Å². The van der Waals surface area contributed by atoms with Gasteiger partial charge in [-0.25, -0.2) is 4.98 Å². The second kappa shape index (κ2) is 5.21. The fourth-order valence-electron chi connectivity index (χ4n) is 2.61. The second-order valence-corrected chi connectivity index (χ2v) is 5.39. The molecule has 2 rings (SSSR count). The van der Waals surface area contributed by atoms with Crippen molar-refractivity contribution in [1.29, 1.82) is 0 Å². The van der Waals surface area contributed by atoms with Gasteiger partial charge in [-0.3, -0.25) is 4.79 Å². The number of imidazole rings is 1. The first kappa shape index (κ1) is 12.6. The first-order valence-electron chi connectivity index (χ1n) is 6.02. The van der Waals surface area contributed by atoms with E-state index in [-0.39, 0.29) is 6.42 Å². The van der Waals surface area contributed by atoms with Gasteiger partial charge < -0.3 is 9.67 Å². The maximum Gasteiger partial charge on any atom is 0.303 e. The Morgan fingerprint density at radius 1 is 1.53 bits per heavy atom. The number of halogens is 1. The summed E-state index contributed by atoms with van der Waals surface area (Å²) in [7, 11) is 1.99. The van der Waals surface area contributed by atoms with E-state index in [4.69, 9.17) is 5.11 Å². The molecule has 5 heteroatoms. The number of aliphatic carboxylic acids is 1. The normalized spacial score (nSPS) is 16.6. The summed E-state index contributed by atoms with van der Waals surface area (Å²) in [5.41, 5.74) is 1.24. The molecule has 4 nitrogen and oxygen atoms in total. The average molecular weight is 301 g/mol. The van der Waals surface area contributed by atoms with E-state index in [0.29, 0.717) is 12.3 Å². The van der Waals surface area contributed by atoms with Crippen LogP contribution < -0.4 is 0 Å². The van der Waals surface area contributed by atoms with Gasteiger partial charge >= 0.3 is 5.97 Å². The smallest absolute Gasteiger partial charge is 0.303 e. The maximum absolute atomic E-state index is 10.6. The summed E-state index contributed by atoms with van der Waals surface area (Å²) in [6.45, 7) is 0. The van der Waals surface area contributed by atoms with E-state index in [2.05, 4.69) is 25.5 Å². The quantitative estimate of drug-likeness (QED) is 0.930. The Labute approximate surface area is 109 Å². The molecule has 1 aliphatic carbocycles. The number of nitrogens with zero attached hydrogens (tertiary/aromatic N) is 2. The molecule has 1 aromatic rings. The van der Waals surface area contributed by atoms with Crippen LogP contribution in [0.1, 0.15) is 49.5 Å². The first-order chi connectivity index (χ1) is 8.09. The predicted molar refractivity (Wildman–Crippen MR) is 68.1 cm³/mol. The summed E-state index contributed by atoms with van der Waals surface area (Å²) >= 11 is 3.51. The van der Waals surface area contributed by atoms with Gasteiger partial charge in [0, 0.05) is 19.4 Å². The van der Waals surface area contributed by atoms with Crippen molar-refractivity contribution >= 4 is 21.9 Å². The number of carboxylic acids is 1. The molecule has 0 amide bonds. The molecular formula is C12H17BrN2O2. The third-order valence-electron chi connectivity index (χ3n) is 3.49. The van der Waals surface area contributed by atoms with Gasteiger partial charge in [-0.2, -0.15) is 0 Å². The third-order valence-corrected chi connectivity index (χ3v) is 4.08. The lowest BCUT2D eigenvalue weighted by Crippen LogP contribution is -2.07. The fraction of sp³-hybridized carbons (Fsp3) is 0.667. The monoisotopic (exact) mass is 300 g/mol. The molecule has 94 valence electrons. The lowest BCUT2D eigenvalue weighted by atomic mass is 10.1. The van der Waals surface area contributed by atoms with Crippen LogP contribution in [0.3, 0.4) is 0 Å². The molecule has 0 aromatic carbocycles. The number of hydrogen-bond acceptors (Lipinski definition) is 2. The van der Waals surface area contributed by atoms with Gasteiger partial charge in [0.05, 0.1) is 12.1 Å². The predicted octanol–water partition coefficient (Wildman–Crippen LogP) is 2.86. The van der Waals surface area contributed by atoms with E-state index in [9.17, 15) is 4.79 Å². The highest BCUT2D eigenvalue weighted by molar-refractivity contribution is 9.10. The molecule has 0 aliphatic heterocycles. The Kier molecular flexibility index (Phi) is 3.86. The second-order valence-electron chi connectivity index (χ2n) is 4.64. The van der Waals surface area contributed by atoms with Crippen LogP contribution in [-0.2, 0) is 18.3 Å². The molecule has 0 radical (unpaired) electrons. The molecule has 1 heterocycles. The van der Waals surface area contributed by atoms with Crippen LogP contribution in [-0.4, -0.2) is 20.6 Å². The van der Waals surface area contributed by atoms with Crippen molar-refractivity contribution in [2.45, 2.75) is 44.4 Å². The van der Waals surface area contributed by atoms with Gasteiger partial charge in [0.25, 0.3) is 0 Å². The summed E-state index contributed by atoms with van der Waals surface area (Å²) in [6, 6.07) is 0. The standard InChI is InChI=1S/C12H17BrN2O2/c1-15-9(6-7-10(16)17)14-12(13)11(15)8-4-2-3-5-8/h8H,2-7H2,1H3,(H,16,17). The number of carboxylic acid groups (broad SMARTS) is 1. The van der Waals surface area contributed by atoms with Gasteiger partial charge in [-0.1, -0.05) is 12.8 Å². The Bertz CT molecular complexity index is 422. The zero-order valence-corrected chi connectivity index (χ0v) is 11.5. The summed E-state index contributed by atoms with van der Waals surface area (Å²) in [5.74, 6) is 0.674. The number of rotatable bonds is 4. The van der Waals surface area contributed by atoms with E-state index in [0.717, 1.165) is 10.4 Å². The van der Waals surface area contributed by atoms with Gasteiger partial charge in [0.1, 0.15) is 10.4 Å². The fourth-order valence-corrected chi connectivity index (χ4v) is 3.40. The molecule has 1 N–H and O–H groups in total. The van der Waals surface area contributed by atoms with Crippen LogP contribution in [0, 0.1) is 0 Å². The largest absolute Gasteiger partial charge is 0.481 e. The molecular weight excluding hydrogens is 284 g/mol. The minimum Gasteiger partial charge on any atom is -0.481 e. The van der Waals surface area contributed by atoms with E-state index in [1.165, 1.54) is 31.4 Å². The first-order valence-corrected chi connectivity index (χ1v) is 6.81. The highest BCUT2D eigenvalue weighted by Gasteiger charge is 2.24. The van der Waals surface area contributed by atoms with Crippen molar-refractivity contribution in [2.75, 3.05) is 0 Å². The summed E-state index contributed by atoms with van der Waals surface area (Å²) in [5, 5.41) is 8.70. The molecule has 17 heavy (non-hydrogen) atoms. The molecule has 0 saturated heterocycles. The van der Waals surface area contributed by atoms with Crippen LogP contribution in [0.2, 0.25) is 0 Å². The highest BCUT2D eigenvalue weighted by atomic mass is 79.9. The summed E-state index contributed by atoms with van der Waals surface area (Å²) in [4.78, 5) is 15.0. The minimum atomic E-state index is -0.772. The third kappa shape index (κ3) is 2.70. The number of carbonyl (C=O) groups is 1. The van der Waals surface area contributed by atoms with Crippen LogP contribution in [0.5, 0.6) is 0 Å². The Balaban J connectivity index is 2.19. The van der Waals surface area contributed by atoms with Gasteiger partial charge in [-0.05, 0) is 28.8 Å². The number of hydrogen-bond donors (Lipinski definition) is 1. The molecule has 0 atom stereocenters. The molecule has 0 spiro atoms. The zero-order valence-electron chi connectivity index (χ0n) is 9.95. The van der Waals surface area contributed by atoms with E-state index < -0.39 is 5.97 Å². The van der Waals surface area contributed by atoms with Crippen LogP contribution >= 0.6 is 15.9 Å². The van der Waals surface area contributed by atoms with Crippen molar-refractivity contribution in [2.24, 2.45) is 7.05 Å². The van der Waals surface area contributed by atoms with E-state index >= 15 is 0 Å². The molecule has 1 saturated carbocycles. The average Bonchev–Trinajstić information content (AvgIpc) is 2.84.